The molecule has 1 spiro atoms. The average molecular weight is 687 g/mol. The summed E-state index contributed by atoms with van der Waals surface area (Å²) in [6.07, 6.45) is 7.66. The minimum absolute atomic E-state index is 0.107. The van der Waals surface area contributed by atoms with E-state index >= 15 is 0 Å². The summed E-state index contributed by atoms with van der Waals surface area (Å²) in [4.78, 5) is 59.4. The number of aliphatic hydroxyl groups is 1. The maximum atomic E-state index is 14.5. The molecule has 0 saturated carbocycles. The molecule has 4 heterocycles. The topological polar surface area (TPSA) is 125 Å². The van der Waals surface area contributed by atoms with E-state index < -0.39 is 47.7 Å². The van der Waals surface area contributed by atoms with Crippen LogP contribution in [0.3, 0.4) is 0 Å². The van der Waals surface area contributed by atoms with Crippen molar-refractivity contribution < 1.29 is 33.8 Å². The van der Waals surface area contributed by atoms with Gasteiger partial charge in [-0.1, -0.05) is 71.3 Å². The lowest BCUT2D eigenvalue weighted by Crippen LogP contribution is -2.57. The van der Waals surface area contributed by atoms with Gasteiger partial charge in [0.05, 0.1) is 12.0 Å². The fourth-order valence-corrected chi connectivity index (χ4v) is 7.93. The number of amides is 3. The predicted octanol–water partition coefficient (Wildman–Crippen LogP) is 3.79. The van der Waals surface area contributed by atoms with E-state index in [0.717, 1.165) is 12.8 Å². The Balaban J connectivity index is 1.56. The molecule has 5 rings (SSSR count). The van der Waals surface area contributed by atoms with Gasteiger partial charge in [0.2, 0.25) is 17.7 Å². The number of hydrogen-bond acceptors (Lipinski definition) is 7. The largest absolute Gasteiger partial charge is 0.455 e. The first-order valence-electron chi connectivity index (χ1n) is 16.1. The van der Waals surface area contributed by atoms with Gasteiger partial charge < -0.3 is 29.7 Å². The lowest BCUT2D eigenvalue weighted by atomic mass is 9.74. The number of aliphatic hydroxyl groups excluding tert-OH is 1. The lowest BCUT2D eigenvalue weighted by Gasteiger charge is -2.37. The van der Waals surface area contributed by atoms with Gasteiger partial charge in [-0.3, -0.25) is 19.2 Å². The third-order valence-electron chi connectivity index (χ3n) is 9.37. The summed E-state index contributed by atoms with van der Waals surface area (Å²) in [6, 6.07) is 7.55. The Morgan fingerprint density at radius 1 is 1.02 bits per heavy atom. The molecular weight excluding hydrogens is 642 g/mol. The van der Waals surface area contributed by atoms with Crippen LogP contribution in [0.2, 0.25) is 0 Å². The molecule has 11 heteroatoms. The van der Waals surface area contributed by atoms with Gasteiger partial charge in [-0.05, 0) is 51.7 Å². The molecule has 7 atom stereocenters. The number of likely N-dealkylation sites (tertiary alicyclic amines) is 1. The molecule has 4 aliphatic heterocycles. The van der Waals surface area contributed by atoms with E-state index in [9.17, 15) is 24.3 Å². The van der Waals surface area contributed by atoms with Crippen LogP contribution in [0.25, 0.3) is 0 Å². The van der Waals surface area contributed by atoms with Crippen molar-refractivity contribution in [2.24, 2.45) is 11.8 Å². The number of allylic oxidation sites excluding steroid dienone is 1. The second-order valence-corrected chi connectivity index (χ2v) is 13.6. The molecule has 1 aromatic carbocycles. The minimum atomic E-state index is -1.33. The summed E-state index contributed by atoms with van der Waals surface area (Å²) in [5.41, 5.74) is -0.618. The Kier molecular flexibility index (Phi) is 10.5. The molecule has 0 unspecified atom stereocenters. The van der Waals surface area contributed by atoms with Gasteiger partial charge in [0, 0.05) is 36.6 Å². The number of hydrogen-bond donors (Lipinski definition) is 2. The first-order chi connectivity index (χ1) is 21.6. The summed E-state index contributed by atoms with van der Waals surface area (Å²) in [5, 5.41) is 12.2. The number of ether oxygens (including phenoxy) is 2. The van der Waals surface area contributed by atoms with E-state index in [0.29, 0.717) is 42.4 Å². The van der Waals surface area contributed by atoms with Gasteiger partial charge >= 0.3 is 5.97 Å². The molecule has 2 N–H and O–H groups in total. The van der Waals surface area contributed by atoms with Crippen LogP contribution in [-0.4, -0.2) is 88.1 Å². The summed E-state index contributed by atoms with van der Waals surface area (Å²) in [5.74, 6) is -3.25. The lowest BCUT2D eigenvalue weighted by molar-refractivity contribution is -0.161. The fourth-order valence-electron chi connectivity index (χ4n) is 7.19. The smallest absolute Gasteiger partial charge is 0.313 e. The fraction of sp³-hybridized carbons (Fsp3) is 0.588. The first kappa shape index (κ1) is 33.3. The van der Waals surface area contributed by atoms with Gasteiger partial charge in [0.25, 0.3) is 0 Å². The second-order valence-electron chi connectivity index (χ2n) is 12.7. The van der Waals surface area contributed by atoms with Crippen molar-refractivity contribution in [2.45, 2.75) is 95.2 Å². The molecule has 0 aliphatic carbocycles. The Bertz CT molecular complexity index is 1330. The zero-order valence-electron chi connectivity index (χ0n) is 26.2. The molecule has 10 nitrogen and oxygen atoms in total. The van der Waals surface area contributed by atoms with Crippen LogP contribution >= 0.6 is 15.9 Å². The highest BCUT2D eigenvalue weighted by Gasteiger charge is 2.75. The van der Waals surface area contributed by atoms with Crippen molar-refractivity contribution in [3.63, 3.8) is 0 Å². The number of benzene rings is 1. The maximum Gasteiger partial charge on any atom is 0.313 e. The highest BCUT2D eigenvalue weighted by atomic mass is 79.9. The zero-order chi connectivity index (χ0) is 32.3. The molecule has 2 saturated heterocycles. The van der Waals surface area contributed by atoms with Crippen molar-refractivity contribution in [1.29, 1.82) is 0 Å². The number of carbonyl (C=O) groups is 4. The number of nitrogens with one attached hydrogen (secondary N) is 1. The molecular formula is C34H44BrN3O7. The standard InChI is InChI=1S/C34H44BrN3O7/c1-21(2)37-17-12-7-10-16-25(40)36-22(3)28(23-14-8-6-9-15-23)44-33(43)26-27-31(41)38(18-11-4-5-13-19-39)30(32(37)42)34(27)20-24(35)29(26)45-34/h6-9,12,14-15,20-22,26-30,39H,4-5,10-11,13,16-19H2,1-3H3,(H,36,40)/b12-7-/t22-,26+,27-,28+,29+,30+,34-/m0/s1. The van der Waals surface area contributed by atoms with E-state index in [4.69, 9.17) is 9.47 Å². The Labute approximate surface area is 273 Å². The summed E-state index contributed by atoms with van der Waals surface area (Å²) < 4.78 is 13.4. The third-order valence-corrected chi connectivity index (χ3v) is 10.0. The molecule has 4 aliphatic rings. The third kappa shape index (κ3) is 6.49. The van der Waals surface area contributed by atoms with Gasteiger partial charge in [-0.25, -0.2) is 0 Å². The van der Waals surface area contributed by atoms with Crippen LogP contribution < -0.4 is 5.32 Å². The molecule has 0 aromatic heterocycles. The van der Waals surface area contributed by atoms with Gasteiger partial charge in [-0.15, -0.1) is 0 Å². The summed E-state index contributed by atoms with van der Waals surface area (Å²) >= 11 is 3.60. The van der Waals surface area contributed by atoms with E-state index in [-0.39, 0.29) is 36.8 Å². The van der Waals surface area contributed by atoms with E-state index in [2.05, 4.69) is 21.2 Å². The van der Waals surface area contributed by atoms with Crippen molar-refractivity contribution in [3.8, 4) is 0 Å². The normalized spacial score (nSPS) is 32.9. The number of fused-ring (bicyclic) bond motifs is 2. The molecule has 3 amide bonds. The molecule has 1 aromatic rings. The molecule has 244 valence electrons. The minimum Gasteiger partial charge on any atom is -0.455 e. The molecule has 0 radical (unpaired) electrons. The van der Waals surface area contributed by atoms with Gasteiger partial charge in [0.1, 0.15) is 29.8 Å². The molecule has 45 heavy (non-hydrogen) atoms. The Hall–Kier alpha value is -3.02. The van der Waals surface area contributed by atoms with E-state index in [1.54, 1.807) is 16.7 Å². The van der Waals surface area contributed by atoms with Crippen LogP contribution in [0.4, 0.5) is 0 Å². The summed E-state index contributed by atoms with van der Waals surface area (Å²) in [7, 11) is 0. The van der Waals surface area contributed by atoms with Crippen LogP contribution in [-0.2, 0) is 28.7 Å². The number of esters is 1. The maximum absolute atomic E-state index is 14.5. The van der Waals surface area contributed by atoms with E-state index in [1.807, 2.05) is 62.4 Å². The number of unbranched alkanes of at least 4 members (excludes halogenated alkanes) is 3. The van der Waals surface area contributed by atoms with Crippen LogP contribution in [0.5, 0.6) is 0 Å². The average Bonchev–Trinajstić information content (AvgIpc) is 3.60. The molecule has 5 bridgehead atoms. The van der Waals surface area contributed by atoms with E-state index in [1.165, 1.54) is 0 Å². The van der Waals surface area contributed by atoms with Crippen molar-refractivity contribution in [1.82, 2.24) is 15.1 Å². The monoisotopic (exact) mass is 685 g/mol. The highest BCUT2D eigenvalue weighted by molar-refractivity contribution is 9.11. The number of halogens is 1. The van der Waals surface area contributed by atoms with Crippen molar-refractivity contribution >= 4 is 39.6 Å². The Morgan fingerprint density at radius 3 is 2.47 bits per heavy atom. The number of carbonyl (C=O) groups excluding carboxylic acids is 4. The number of cyclic esters (lactones) is 1. The second kappa shape index (κ2) is 14.2. The zero-order valence-corrected chi connectivity index (χ0v) is 27.8. The van der Waals surface area contributed by atoms with Crippen LogP contribution in [0, 0.1) is 11.8 Å². The van der Waals surface area contributed by atoms with Crippen molar-refractivity contribution in [3.05, 3.63) is 58.6 Å². The Morgan fingerprint density at radius 2 is 1.76 bits per heavy atom. The number of rotatable bonds is 8. The van der Waals surface area contributed by atoms with Crippen LogP contribution in [0.1, 0.15) is 71.0 Å². The van der Waals surface area contributed by atoms with Crippen molar-refractivity contribution in [2.75, 3.05) is 19.7 Å². The van der Waals surface area contributed by atoms with Gasteiger partial charge in [-0.2, -0.15) is 0 Å². The summed E-state index contributed by atoms with van der Waals surface area (Å²) in [6.45, 7) is 6.40. The SMILES string of the molecule is CC(C)N1C/C=C\CCC(=O)N[C@@H](C)[C@H](c2ccccc2)OC(=O)[C@H]2[C@@H]3O[C@@]4(C=C3Br)[C@@H]2C(=O)N(CCCCCCO)[C@@H]4C1=O. The van der Waals surface area contributed by atoms with Gasteiger partial charge in [0.15, 0.2) is 0 Å². The first-order valence-corrected chi connectivity index (χ1v) is 16.9. The number of nitrogens with zero attached hydrogens (tertiary/aromatic N) is 2. The van der Waals surface area contributed by atoms with Crippen LogP contribution in [0.15, 0.2) is 53.0 Å². The quantitative estimate of drug-likeness (QED) is 0.242. The predicted molar refractivity (Wildman–Crippen MR) is 171 cm³/mol. The molecule has 2 fully saturated rings. The highest BCUT2D eigenvalue weighted by Crippen LogP contribution is 2.59.